The highest BCUT2D eigenvalue weighted by molar-refractivity contribution is 6.11. The molecule has 2 unspecified atom stereocenters. The third-order valence-corrected chi connectivity index (χ3v) is 13.3. The van der Waals surface area contributed by atoms with Crippen LogP contribution in [0.1, 0.15) is 193 Å². The van der Waals surface area contributed by atoms with Crippen LogP contribution in [0.25, 0.3) is 0 Å². The third-order valence-electron chi connectivity index (χ3n) is 13.3. The lowest BCUT2D eigenvalue weighted by molar-refractivity contribution is -0.156. The fourth-order valence-electron chi connectivity index (χ4n) is 9.86. The van der Waals surface area contributed by atoms with Gasteiger partial charge in [0.1, 0.15) is 46.8 Å². The van der Waals surface area contributed by atoms with Crippen LogP contribution in [-0.2, 0) is 49.1 Å². The number of carbonyl (C=O) groups is 6. The lowest BCUT2D eigenvalue weighted by Gasteiger charge is -2.47. The van der Waals surface area contributed by atoms with Crippen LogP contribution in [0, 0.1) is 41.9 Å². The number of ether oxygens (including phenoxy) is 2. The van der Waals surface area contributed by atoms with Crippen molar-refractivity contribution in [1.29, 1.82) is 0 Å². The van der Waals surface area contributed by atoms with Crippen molar-refractivity contribution in [2.24, 2.45) is 28.1 Å². The van der Waals surface area contributed by atoms with Crippen molar-refractivity contribution >= 4 is 35.1 Å². The summed E-state index contributed by atoms with van der Waals surface area (Å²) in [6, 6.07) is 7.37. The van der Waals surface area contributed by atoms with E-state index in [0.717, 1.165) is 22.3 Å². The summed E-state index contributed by atoms with van der Waals surface area (Å²) in [6.45, 7) is 26.5. The van der Waals surface area contributed by atoms with Crippen LogP contribution in [0.2, 0.25) is 0 Å². The number of benzene rings is 2. The highest BCUT2D eigenvalue weighted by Gasteiger charge is 2.56. The molecule has 4 rings (SSSR count). The Morgan fingerprint density at radius 1 is 0.590 bits per heavy atom. The molecule has 0 radical (unpaired) electrons. The van der Waals surface area contributed by atoms with Gasteiger partial charge in [0, 0.05) is 38.5 Å². The number of hydrogen-bond donors (Lipinski definition) is 2. The van der Waals surface area contributed by atoms with E-state index in [4.69, 9.17) is 9.47 Å². The summed E-state index contributed by atoms with van der Waals surface area (Å²) in [7, 11) is 0. The predicted octanol–water partition coefficient (Wildman–Crippen LogP) is 10.7. The zero-order valence-electron chi connectivity index (χ0n) is 39.4. The van der Waals surface area contributed by atoms with Crippen molar-refractivity contribution in [3.05, 3.63) is 57.6 Å². The number of phenolic OH excluding ortho intramolecular Hbond substituents is 2. The Bertz CT molecular complexity index is 1850. The van der Waals surface area contributed by atoms with Gasteiger partial charge in [-0.1, -0.05) is 83.1 Å². The zero-order chi connectivity index (χ0) is 46.2. The molecule has 1 spiro atoms. The van der Waals surface area contributed by atoms with Gasteiger partial charge in [-0.3, -0.25) is 28.8 Å². The van der Waals surface area contributed by atoms with E-state index in [9.17, 15) is 39.0 Å². The molecule has 2 N–H and O–H groups in total. The molecule has 2 saturated carbocycles. The first kappa shape index (κ1) is 49.3. The monoisotopic (exact) mass is 845 g/mol. The highest BCUT2D eigenvalue weighted by Crippen LogP contribution is 2.53. The first-order valence-electron chi connectivity index (χ1n) is 22.1. The predicted molar refractivity (Wildman–Crippen MR) is 235 cm³/mol. The van der Waals surface area contributed by atoms with Crippen LogP contribution in [0.15, 0.2) is 24.3 Å². The second-order valence-electron chi connectivity index (χ2n) is 21.6. The first-order chi connectivity index (χ1) is 28.0. The average Bonchev–Trinajstić information content (AvgIpc) is 3.11. The van der Waals surface area contributed by atoms with Crippen molar-refractivity contribution in [3.8, 4) is 11.5 Å². The number of phenols is 2. The molecule has 2 aromatic rings. The van der Waals surface area contributed by atoms with Crippen molar-refractivity contribution in [1.82, 2.24) is 0 Å². The van der Waals surface area contributed by atoms with E-state index in [1.807, 2.05) is 93.5 Å². The molecule has 0 heterocycles. The molecule has 0 aliphatic heterocycles. The molecule has 0 aromatic heterocycles. The summed E-state index contributed by atoms with van der Waals surface area (Å²) < 4.78 is 11.9. The van der Waals surface area contributed by atoms with Gasteiger partial charge in [0.15, 0.2) is 0 Å². The highest BCUT2D eigenvalue weighted by atomic mass is 16.5. The topological polar surface area (TPSA) is 161 Å². The second-order valence-corrected chi connectivity index (χ2v) is 21.6. The van der Waals surface area contributed by atoms with E-state index in [0.29, 0.717) is 36.8 Å². The van der Waals surface area contributed by atoms with Crippen LogP contribution in [0.5, 0.6) is 11.5 Å². The number of carbonyl (C=O) groups excluding carboxylic acids is 6. The number of aromatic hydroxyl groups is 2. The van der Waals surface area contributed by atoms with Crippen LogP contribution < -0.4 is 0 Å². The van der Waals surface area contributed by atoms with Crippen LogP contribution >= 0.6 is 0 Å². The maximum Gasteiger partial charge on any atom is 0.306 e. The van der Waals surface area contributed by atoms with Gasteiger partial charge >= 0.3 is 11.9 Å². The minimum atomic E-state index is -1.07. The minimum Gasteiger partial charge on any atom is -0.507 e. The molecule has 2 aromatic carbocycles. The lowest BCUT2D eigenvalue weighted by atomic mass is 9.54. The van der Waals surface area contributed by atoms with Crippen molar-refractivity contribution in [2.75, 3.05) is 0 Å². The van der Waals surface area contributed by atoms with E-state index in [1.54, 1.807) is 27.7 Å². The van der Waals surface area contributed by atoms with E-state index in [-0.39, 0.29) is 95.9 Å². The minimum absolute atomic E-state index is 0.0524. The van der Waals surface area contributed by atoms with Gasteiger partial charge in [-0.25, -0.2) is 0 Å². The Morgan fingerprint density at radius 2 is 0.885 bits per heavy atom. The summed E-state index contributed by atoms with van der Waals surface area (Å²) in [6.07, 6.45) is 0.231. The molecule has 2 fully saturated rings. The van der Waals surface area contributed by atoms with Crippen LogP contribution in [0.3, 0.4) is 0 Å². The van der Waals surface area contributed by atoms with Gasteiger partial charge < -0.3 is 19.7 Å². The quantitative estimate of drug-likeness (QED) is 0.138. The number of Topliss-reactive ketones (excluding diaryl/α,β-unsaturated/α-hetero) is 4. The standard InChI is InChI=1S/C51H72O10/c1-15-41(56)60-39(31-21-29(3)45(58)33(23-31)47(5,6)7)17-19-49(11,12)43-35(52)25-51(26-36(43)53)27-37(54)44(38(55)28-51)50(13,14)20-18-40(61-42(57)16-2)32-22-30(4)46(59)34(24-32)48(8,9)10/h21-24,39-40,43-44,58-59H,15-20,25-28H2,1-14H3. The van der Waals surface area contributed by atoms with E-state index >= 15 is 0 Å². The third kappa shape index (κ3) is 11.2. The Labute approximate surface area is 363 Å². The zero-order valence-corrected chi connectivity index (χ0v) is 39.4. The van der Waals surface area contributed by atoms with E-state index < -0.39 is 40.3 Å². The summed E-state index contributed by atoms with van der Waals surface area (Å²) in [4.78, 5) is 81.8. The van der Waals surface area contributed by atoms with Crippen molar-refractivity contribution in [2.45, 2.75) is 184 Å². The van der Waals surface area contributed by atoms with Crippen LogP contribution in [-0.4, -0.2) is 45.3 Å². The molecule has 2 aliphatic rings. The first-order valence-corrected chi connectivity index (χ1v) is 22.1. The average molecular weight is 845 g/mol. The van der Waals surface area contributed by atoms with Gasteiger partial charge in [-0.05, 0) is 124 Å². The molecule has 0 bridgehead atoms. The van der Waals surface area contributed by atoms with Gasteiger partial charge in [0.2, 0.25) is 0 Å². The fraction of sp³-hybridized carbons (Fsp3) is 0.647. The number of rotatable bonds is 14. The van der Waals surface area contributed by atoms with Gasteiger partial charge in [0.25, 0.3) is 0 Å². The SMILES string of the molecule is CCC(=O)OC(CCC(C)(C)C1C(=O)CC2(CC1=O)CC(=O)C(C(C)(C)CCC(OC(=O)CC)c1cc(C)c(O)c(C(C)(C)C)c1)C(=O)C2)c1cc(C)c(O)c(C(C)(C)C)c1. The largest absolute Gasteiger partial charge is 0.507 e. The molecule has 336 valence electrons. The summed E-state index contributed by atoms with van der Waals surface area (Å²) in [5.41, 5.74) is 0.771. The molecule has 61 heavy (non-hydrogen) atoms. The molecular formula is C51H72O10. The van der Waals surface area contributed by atoms with Gasteiger partial charge in [-0.2, -0.15) is 0 Å². The molecule has 10 nitrogen and oxygen atoms in total. The molecule has 0 amide bonds. The summed E-state index contributed by atoms with van der Waals surface area (Å²) in [5, 5.41) is 21.7. The Morgan fingerprint density at radius 3 is 1.15 bits per heavy atom. The molecule has 2 atom stereocenters. The van der Waals surface area contributed by atoms with Gasteiger partial charge in [-0.15, -0.1) is 0 Å². The van der Waals surface area contributed by atoms with Gasteiger partial charge in [0.05, 0.1) is 11.8 Å². The van der Waals surface area contributed by atoms with Crippen molar-refractivity contribution in [3.63, 3.8) is 0 Å². The van der Waals surface area contributed by atoms with E-state index in [2.05, 4.69) is 0 Å². The Hall–Kier alpha value is -4.34. The summed E-state index contributed by atoms with van der Waals surface area (Å²) in [5.74, 6) is -3.40. The molecular weight excluding hydrogens is 773 g/mol. The molecule has 10 heteroatoms. The summed E-state index contributed by atoms with van der Waals surface area (Å²) >= 11 is 0. The molecule has 0 saturated heterocycles. The van der Waals surface area contributed by atoms with Crippen molar-refractivity contribution < 1.29 is 48.5 Å². The van der Waals surface area contributed by atoms with E-state index in [1.165, 1.54) is 0 Å². The number of hydrogen-bond acceptors (Lipinski definition) is 10. The molecule has 2 aliphatic carbocycles. The number of aryl methyl sites for hydroxylation is 2. The Balaban J connectivity index is 1.51. The fourth-order valence-corrected chi connectivity index (χ4v) is 9.86. The lowest BCUT2D eigenvalue weighted by Crippen LogP contribution is -2.53. The number of esters is 2. The maximum atomic E-state index is 14.1. The Kier molecular flexibility index (Phi) is 14.7. The smallest absolute Gasteiger partial charge is 0.306 e. The maximum absolute atomic E-state index is 14.1. The normalized spacial score (nSPS) is 21.4. The number of ketones is 4. The second kappa shape index (κ2) is 18.2. The van der Waals surface area contributed by atoms with Crippen LogP contribution in [0.4, 0.5) is 0 Å².